The number of fused-ring (bicyclic) bond motifs is 1. The zero-order valence-corrected chi connectivity index (χ0v) is 7.85. The molecular formula is C8H9N3O3. The van der Waals surface area contributed by atoms with Crippen LogP contribution in [0.1, 0.15) is 6.92 Å². The first-order valence-electron chi connectivity index (χ1n) is 4.20. The molecule has 0 bridgehead atoms. The van der Waals surface area contributed by atoms with Crippen LogP contribution in [0.15, 0.2) is 20.4 Å². The van der Waals surface area contributed by atoms with Crippen molar-refractivity contribution in [2.45, 2.75) is 13.5 Å². The van der Waals surface area contributed by atoms with Crippen molar-refractivity contribution in [1.82, 2.24) is 14.3 Å². The molecule has 2 heterocycles. The summed E-state index contributed by atoms with van der Waals surface area (Å²) >= 11 is 0. The molecule has 0 fully saturated rings. The van der Waals surface area contributed by atoms with Gasteiger partial charge in [0.15, 0.2) is 5.65 Å². The molecule has 0 unspecified atom stereocenters. The van der Waals surface area contributed by atoms with E-state index in [0.717, 1.165) is 4.57 Å². The average Bonchev–Trinajstić information content (AvgIpc) is 2.64. The average molecular weight is 195 g/mol. The number of rotatable bonds is 1. The smallest absolute Gasteiger partial charge is 0.332 e. The fourth-order valence-electron chi connectivity index (χ4n) is 1.40. The summed E-state index contributed by atoms with van der Waals surface area (Å²) in [4.78, 5) is 23.1. The molecular weight excluding hydrogens is 186 g/mol. The van der Waals surface area contributed by atoms with Crippen LogP contribution in [0.25, 0.3) is 11.0 Å². The summed E-state index contributed by atoms with van der Waals surface area (Å²) in [6.07, 6.45) is 1.25. The summed E-state index contributed by atoms with van der Waals surface area (Å²) in [7, 11) is 1.43. The molecule has 6 heteroatoms. The van der Waals surface area contributed by atoms with E-state index in [1.165, 1.54) is 17.9 Å². The number of hydrogen-bond donors (Lipinski definition) is 0. The zero-order chi connectivity index (χ0) is 10.3. The molecule has 0 atom stereocenters. The Morgan fingerprint density at radius 1 is 1.50 bits per heavy atom. The summed E-state index contributed by atoms with van der Waals surface area (Å²) in [5.74, 6) is 0. The first-order valence-corrected chi connectivity index (χ1v) is 4.20. The van der Waals surface area contributed by atoms with Gasteiger partial charge in [-0.05, 0) is 6.92 Å². The molecule has 0 aromatic carbocycles. The Labute approximate surface area is 78.4 Å². The minimum absolute atomic E-state index is 0.306. The zero-order valence-electron chi connectivity index (χ0n) is 7.85. The van der Waals surface area contributed by atoms with Crippen molar-refractivity contribution in [2.24, 2.45) is 7.05 Å². The van der Waals surface area contributed by atoms with Crippen molar-refractivity contribution < 1.29 is 4.52 Å². The van der Waals surface area contributed by atoms with Gasteiger partial charge >= 0.3 is 5.69 Å². The van der Waals surface area contributed by atoms with Gasteiger partial charge in [0.1, 0.15) is 11.6 Å². The molecule has 2 aromatic heterocycles. The monoisotopic (exact) mass is 195 g/mol. The van der Waals surface area contributed by atoms with Crippen LogP contribution < -0.4 is 11.2 Å². The highest BCUT2D eigenvalue weighted by atomic mass is 16.5. The summed E-state index contributed by atoms with van der Waals surface area (Å²) in [5.41, 5.74) is -0.449. The maximum atomic E-state index is 11.6. The van der Waals surface area contributed by atoms with Crippen molar-refractivity contribution in [2.75, 3.05) is 0 Å². The van der Waals surface area contributed by atoms with E-state index in [4.69, 9.17) is 0 Å². The topological polar surface area (TPSA) is 70.0 Å². The molecule has 14 heavy (non-hydrogen) atoms. The van der Waals surface area contributed by atoms with Crippen LogP contribution >= 0.6 is 0 Å². The molecule has 0 N–H and O–H groups in total. The van der Waals surface area contributed by atoms with Gasteiger partial charge in [-0.1, -0.05) is 5.16 Å². The largest absolute Gasteiger partial charge is 0.362 e. The fraction of sp³-hybridized carbons (Fsp3) is 0.375. The Morgan fingerprint density at radius 3 is 2.86 bits per heavy atom. The molecule has 0 aliphatic rings. The first kappa shape index (κ1) is 8.74. The van der Waals surface area contributed by atoms with Crippen LogP contribution in [0.3, 0.4) is 0 Å². The van der Waals surface area contributed by atoms with Crippen molar-refractivity contribution >= 4 is 11.0 Å². The van der Waals surface area contributed by atoms with E-state index >= 15 is 0 Å². The first-order chi connectivity index (χ1) is 6.66. The second-order valence-corrected chi connectivity index (χ2v) is 2.94. The maximum absolute atomic E-state index is 11.6. The molecule has 0 spiro atoms. The predicted molar refractivity (Wildman–Crippen MR) is 49.2 cm³/mol. The van der Waals surface area contributed by atoms with E-state index < -0.39 is 0 Å². The van der Waals surface area contributed by atoms with E-state index in [9.17, 15) is 9.59 Å². The molecule has 0 amide bonds. The third-order valence-corrected chi connectivity index (χ3v) is 2.18. The molecule has 0 aliphatic carbocycles. The van der Waals surface area contributed by atoms with Gasteiger partial charge in [0.05, 0.1) is 0 Å². The van der Waals surface area contributed by atoms with Crippen LogP contribution in [-0.4, -0.2) is 14.3 Å². The fourth-order valence-corrected chi connectivity index (χ4v) is 1.40. The maximum Gasteiger partial charge on any atom is 0.332 e. The van der Waals surface area contributed by atoms with E-state index in [2.05, 4.69) is 9.68 Å². The lowest BCUT2D eigenvalue weighted by Crippen LogP contribution is -2.37. The van der Waals surface area contributed by atoms with Crippen molar-refractivity contribution in [3.63, 3.8) is 0 Å². The number of aryl methyl sites for hydroxylation is 1. The second-order valence-electron chi connectivity index (χ2n) is 2.94. The van der Waals surface area contributed by atoms with Crippen molar-refractivity contribution in [1.29, 1.82) is 0 Å². The van der Waals surface area contributed by atoms with Crippen LogP contribution in [-0.2, 0) is 13.6 Å². The molecule has 0 aliphatic heterocycles. The summed E-state index contributed by atoms with van der Waals surface area (Å²) in [5, 5.41) is 3.95. The van der Waals surface area contributed by atoms with Crippen molar-refractivity contribution in [3.8, 4) is 0 Å². The highest BCUT2D eigenvalue weighted by Crippen LogP contribution is 2.03. The van der Waals surface area contributed by atoms with Crippen LogP contribution in [0.2, 0.25) is 0 Å². The van der Waals surface area contributed by atoms with Gasteiger partial charge in [0.2, 0.25) is 0 Å². The summed E-state index contributed by atoms with van der Waals surface area (Å²) in [6, 6.07) is 0. The summed E-state index contributed by atoms with van der Waals surface area (Å²) in [6.45, 7) is 2.26. The molecule has 0 saturated heterocycles. The van der Waals surface area contributed by atoms with E-state index in [-0.39, 0.29) is 11.2 Å². The minimum atomic E-state index is -0.379. The third kappa shape index (κ3) is 0.935. The van der Waals surface area contributed by atoms with Gasteiger partial charge in [-0.3, -0.25) is 13.9 Å². The Hall–Kier alpha value is -1.85. The Bertz CT molecular complexity index is 590. The quantitative estimate of drug-likeness (QED) is 0.626. The van der Waals surface area contributed by atoms with E-state index in [1.807, 2.05) is 0 Å². The molecule has 6 nitrogen and oxygen atoms in total. The Balaban J connectivity index is 3.11. The molecule has 74 valence electrons. The van der Waals surface area contributed by atoms with Gasteiger partial charge in [-0.25, -0.2) is 4.79 Å². The third-order valence-electron chi connectivity index (χ3n) is 2.18. The predicted octanol–water partition coefficient (Wildman–Crippen LogP) is -0.292. The van der Waals surface area contributed by atoms with Gasteiger partial charge in [0.25, 0.3) is 5.56 Å². The normalized spacial score (nSPS) is 11.0. The molecule has 0 radical (unpaired) electrons. The lowest BCUT2D eigenvalue weighted by molar-refractivity contribution is 0.423. The van der Waals surface area contributed by atoms with Gasteiger partial charge in [-0.15, -0.1) is 0 Å². The van der Waals surface area contributed by atoms with Crippen LogP contribution in [0.5, 0.6) is 0 Å². The lowest BCUT2D eigenvalue weighted by atomic mass is 10.4. The summed E-state index contributed by atoms with van der Waals surface area (Å²) < 4.78 is 7.11. The molecule has 2 aromatic rings. The van der Waals surface area contributed by atoms with E-state index in [0.29, 0.717) is 17.6 Å². The second kappa shape index (κ2) is 2.83. The van der Waals surface area contributed by atoms with E-state index in [1.54, 1.807) is 6.92 Å². The SMILES string of the molecule is CCn1c(=O)n(C)c(=O)c2conc21. The number of nitrogens with zero attached hydrogens (tertiary/aromatic N) is 3. The van der Waals surface area contributed by atoms with Gasteiger partial charge in [-0.2, -0.15) is 0 Å². The highest BCUT2D eigenvalue weighted by Gasteiger charge is 2.12. The highest BCUT2D eigenvalue weighted by molar-refractivity contribution is 5.71. The number of aromatic nitrogens is 3. The standard InChI is InChI=1S/C8H9N3O3/c1-3-11-6-5(4-14-9-6)7(12)10(2)8(11)13/h4H,3H2,1-2H3. The minimum Gasteiger partial charge on any atom is -0.362 e. The van der Waals surface area contributed by atoms with Crippen LogP contribution in [0, 0.1) is 0 Å². The van der Waals surface area contributed by atoms with Crippen molar-refractivity contribution in [3.05, 3.63) is 27.1 Å². The number of hydrogen-bond acceptors (Lipinski definition) is 4. The Morgan fingerprint density at radius 2 is 2.21 bits per heavy atom. The van der Waals surface area contributed by atoms with Crippen LogP contribution in [0.4, 0.5) is 0 Å². The van der Waals surface area contributed by atoms with Gasteiger partial charge < -0.3 is 4.52 Å². The molecule has 2 rings (SSSR count). The lowest BCUT2D eigenvalue weighted by Gasteiger charge is -2.03. The molecule has 0 saturated carbocycles. The van der Waals surface area contributed by atoms with Gasteiger partial charge in [0, 0.05) is 13.6 Å². The Kier molecular flexibility index (Phi) is 1.77.